The average Bonchev–Trinajstić information content (AvgIpc) is 2.95. The Hall–Kier alpha value is -1.59. The second kappa shape index (κ2) is 5.42. The van der Waals surface area contributed by atoms with E-state index < -0.39 is 5.60 Å². The predicted octanol–water partition coefficient (Wildman–Crippen LogP) is 2.49. The summed E-state index contributed by atoms with van der Waals surface area (Å²) in [4.78, 5) is 12.6. The van der Waals surface area contributed by atoms with Gasteiger partial charge in [0, 0.05) is 11.3 Å². The van der Waals surface area contributed by atoms with Crippen molar-refractivity contribution in [1.82, 2.24) is 5.32 Å². The van der Waals surface area contributed by atoms with Crippen LogP contribution in [0.25, 0.3) is 0 Å². The van der Waals surface area contributed by atoms with E-state index >= 15 is 0 Å². The lowest BCUT2D eigenvalue weighted by Crippen LogP contribution is -2.41. The molecule has 1 fully saturated rings. The number of nitrogens with one attached hydrogen (secondary N) is 1. The van der Waals surface area contributed by atoms with Gasteiger partial charge in [-0.05, 0) is 42.3 Å². The van der Waals surface area contributed by atoms with E-state index in [1.165, 1.54) is 17.6 Å². The Labute approximate surface area is 121 Å². The zero-order valence-electron chi connectivity index (χ0n) is 11.0. The summed E-state index contributed by atoms with van der Waals surface area (Å²) < 4.78 is 5.35. The van der Waals surface area contributed by atoms with Gasteiger partial charge in [-0.15, -0.1) is 11.3 Å². The first kappa shape index (κ1) is 13.4. The highest BCUT2D eigenvalue weighted by Crippen LogP contribution is 2.34. The minimum Gasteiger partial charge on any atom is -0.466 e. The molecule has 20 heavy (non-hydrogen) atoms. The number of thiophene rings is 1. The van der Waals surface area contributed by atoms with E-state index in [0.717, 1.165) is 17.7 Å². The second-order valence-electron chi connectivity index (χ2n) is 5.24. The number of hydrogen-bond acceptors (Lipinski definition) is 4. The molecular weight excluding hydrogens is 274 g/mol. The van der Waals surface area contributed by atoms with Gasteiger partial charge in [0.25, 0.3) is 0 Å². The molecule has 0 bridgehead atoms. The first-order chi connectivity index (χ1) is 9.68. The molecule has 2 aromatic rings. The maximum Gasteiger partial charge on any atom is 0.220 e. The van der Waals surface area contributed by atoms with Gasteiger partial charge >= 0.3 is 0 Å². The van der Waals surface area contributed by atoms with Gasteiger partial charge in [0.05, 0.1) is 12.8 Å². The van der Waals surface area contributed by atoms with Crippen LogP contribution in [0.15, 0.2) is 40.3 Å². The molecule has 0 radical (unpaired) electrons. The number of carbonyl (C=O) groups excluding carboxylic acids is 1. The standard InChI is InChI=1S/C15H17NO3S/c17-14(9-11-5-6-11)16-10-15(18,12-3-1-7-19-12)13-4-2-8-20-13/h1-4,7-8,11,18H,5-6,9-10H2,(H,16,17)/t15-/m1/s1. The highest BCUT2D eigenvalue weighted by molar-refractivity contribution is 7.10. The summed E-state index contributed by atoms with van der Waals surface area (Å²) in [6.45, 7) is 0.132. The average molecular weight is 291 g/mol. The Morgan fingerprint density at radius 3 is 2.90 bits per heavy atom. The Morgan fingerprint density at radius 2 is 2.30 bits per heavy atom. The number of hydrogen-bond donors (Lipinski definition) is 2. The SMILES string of the molecule is O=C(CC1CC1)NC[C@@](O)(c1ccco1)c1cccs1. The van der Waals surface area contributed by atoms with Crippen LogP contribution in [-0.4, -0.2) is 17.6 Å². The molecule has 0 saturated heterocycles. The van der Waals surface area contributed by atoms with Crippen molar-refractivity contribution in [2.75, 3.05) is 6.54 Å². The Balaban J connectivity index is 1.74. The number of furan rings is 1. The van der Waals surface area contributed by atoms with Crippen LogP contribution >= 0.6 is 11.3 Å². The van der Waals surface area contributed by atoms with Crippen molar-refractivity contribution in [2.45, 2.75) is 24.9 Å². The molecular formula is C15H17NO3S. The Bertz CT molecular complexity index is 524. The topological polar surface area (TPSA) is 62.5 Å². The van der Waals surface area contributed by atoms with Crippen LogP contribution in [0.1, 0.15) is 29.9 Å². The second-order valence-corrected chi connectivity index (χ2v) is 6.19. The van der Waals surface area contributed by atoms with Crippen LogP contribution in [-0.2, 0) is 10.4 Å². The number of aliphatic hydroxyl groups is 1. The van der Waals surface area contributed by atoms with Gasteiger partial charge in [0.1, 0.15) is 5.76 Å². The Kier molecular flexibility index (Phi) is 3.63. The van der Waals surface area contributed by atoms with Crippen molar-refractivity contribution in [3.05, 3.63) is 46.5 Å². The summed E-state index contributed by atoms with van der Waals surface area (Å²) in [5.74, 6) is 0.981. The lowest BCUT2D eigenvalue weighted by atomic mass is 9.98. The van der Waals surface area contributed by atoms with Gasteiger partial charge in [-0.25, -0.2) is 0 Å². The predicted molar refractivity (Wildman–Crippen MR) is 76.4 cm³/mol. The molecule has 2 aromatic heterocycles. The van der Waals surface area contributed by atoms with Gasteiger partial charge in [-0.1, -0.05) is 6.07 Å². The Morgan fingerprint density at radius 1 is 1.45 bits per heavy atom. The molecule has 0 aromatic carbocycles. The number of amides is 1. The van der Waals surface area contributed by atoms with E-state index in [-0.39, 0.29) is 12.5 Å². The summed E-state index contributed by atoms with van der Waals surface area (Å²) in [5.41, 5.74) is -1.29. The van der Waals surface area contributed by atoms with Gasteiger partial charge in [0.15, 0.2) is 5.60 Å². The van der Waals surface area contributed by atoms with E-state index in [0.29, 0.717) is 18.1 Å². The first-order valence-electron chi connectivity index (χ1n) is 6.75. The van der Waals surface area contributed by atoms with E-state index in [2.05, 4.69) is 5.32 Å². The number of rotatable bonds is 6. The third kappa shape index (κ3) is 2.78. The molecule has 0 unspecified atom stereocenters. The van der Waals surface area contributed by atoms with Crippen molar-refractivity contribution in [1.29, 1.82) is 0 Å². The van der Waals surface area contributed by atoms with Crippen molar-refractivity contribution in [2.24, 2.45) is 5.92 Å². The third-order valence-corrected chi connectivity index (χ3v) is 4.59. The summed E-state index contributed by atoms with van der Waals surface area (Å²) in [5, 5.41) is 15.7. The maximum absolute atomic E-state index is 11.8. The molecule has 1 aliphatic carbocycles. The normalized spacial score (nSPS) is 17.6. The van der Waals surface area contributed by atoms with Crippen LogP contribution in [0.2, 0.25) is 0 Å². The largest absolute Gasteiger partial charge is 0.466 e. The van der Waals surface area contributed by atoms with Crippen LogP contribution in [0, 0.1) is 5.92 Å². The summed E-state index contributed by atoms with van der Waals surface area (Å²) in [6, 6.07) is 7.19. The summed E-state index contributed by atoms with van der Waals surface area (Å²) in [7, 11) is 0. The van der Waals surface area contributed by atoms with Crippen molar-refractivity contribution < 1.29 is 14.3 Å². The van der Waals surface area contributed by atoms with E-state index in [1.54, 1.807) is 12.1 Å². The molecule has 2 N–H and O–H groups in total. The highest BCUT2D eigenvalue weighted by atomic mass is 32.1. The fraction of sp³-hybridized carbons (Fsp3) is 0.400. The van der Waals surface area contributed by atoms with Crippen molar-refractivity contribution >= 4 is 17.2 Å². The third-order valence-electron chi connectivity index (χ3n) is 3.57. The maximum atomic E-state index is 11.8. The van der Waals surface area contributed by atoms with Crippen LogP contribution in [0.3, 0.4) is 0 Å². The van der Waals surface area contributed by atoms with Crippen molar-refractivity contribution in [3.63, 3.8) is 0 Å². The first-order valence-corrected chi connectivity index (χ1v) is 7.63. The monoisotopic (exact) mass is 291 g/mol. The molecule has 1 saturated carbocycles. The molecule has 1 atom stereocenters. The molecule has 4 nitrogen and oxygen atoms in total. The molecule has 3 rings (SSSR count). The quantitative estimate of drug-likeness (QED) is 0.859. The molecule has 0 aliphatic heterocycles. The lowest BCUT2D eigenvalue weighted by Gasteiger charge is -2.25. The molecule has 106 valence electrons. The van der Waals surface area contributed by atoms with Gasteiger partial charge in [0.2, 0.25) is 5.91 Å². The summed E-state index contributed by atoms with van der Waals surface area (Å²) >= 11 is 1.44. The van der Waals surface area contributed by atoms with Crippen LogP contribution < -0.4 is 5.32 Å². The highest BCUT2D eigenvalue weighted by Gasteiger charge is 2.36. The van der Waals surface area contributed by atoms with Crippen LogP contribution in [0.5, 0.6) is 0 Å². The summed E-state index contributed by atoms with van der Waals surface area (Å²) in [6.07, 6.45) is 4.36. The number of carbonyl (C=O) groups is 1. The molecule has 1 aliphatic rings. The lowest BCUT2D eigenvalue weighted by molar-refractivity contribution is -0.122. The smallest absolute Gasteiger partial charge is 0.220 e. The zero-order valence-corrected chi connectivity index (χ0v) is 11.9. The zero-order chi connectivity index (χ0) is 14.0. The molecule has 1 amide bonds. The van der Waals surface area contributed by atoms with Gasteiger partial charge in [-0.3, -0.25) is 4.79 Å². The van der Waals surface area contributed by atoms with E-state index in [4.69, 9.17) is 4.42 Å². The van der Waals surface area contributed by atoms with E-state index in [9.17, 15) is 9.90 Å². The van der Waals surface area contributed by atoms with Gasteiger partial charge < -0.3 is 14.8 Å². The molecule has 5 heteroatoms. The fourth-order valence-electron chi connectivity index (χ4n) is 2.21. The molecule has 2 heterocycles. The van der Waals surface area contributed by atoms with Crippen LogP contribution in [0.4, 0.5) is 0 Å². The minimum absolute atomic E-state index is 0.00552. The fourth-order valence-corrected chi connectivity index (χ4v) is 3.03. The van der Waals surface area contributed by atoms with E-state index in [1.807, 2.05) is 17.5 Å². The minimum atomic E-state index is -1.29. The van der Waals surface area contributed by atoms with Crippen molar-refractivity contribution in [3.8, 4) is 0 Å². The van der Waals surface area contributed by atoms with Gasteiger partial charge in [-0.2, -0.15) is 0 Å². The molecule has 0 spiro atoms.